The molecule has 0 fully saturated rings. The van der Waals surface area contributed by atoms with Crippen molar-refractivity contribution in [3.05, 3.63) is 29.3 Å². The molecule has 17 heavy (non-hydrogen) atoms. The predicted molar refractivity (Wildman–Crippen MR) is 82.1 cm³/mol. The summed E-state index contributed by atoms with van der Waals surface area (Å²) in [5.41, 5.74) is 2.67. The van der Waals surface area contributed by atoms with Gasteiger partial charge in [0.15, 0.2) is 0 Å². The minimum atomic E-state index is -1.12. The molecular formula is C14H21Cl2P. The predicted octanol–water partition coefficient (Wildman–Crippen LogP) is 5.70. The third-order valence-electron chi connectivity index (χ3n) is 2.82. The number of hydrogen-bond acceptors (Lipinski definition) is 0. The molecule has 0 aliphatic heterocycles. The van der Waals surface area contributed by atoms with Crippen molar-refractivity contribution in [3.8, 4) is 0 Å². The van der Waals surface area contributed by atoms with Crippen molar-refractivity contribution in [1.82, 2.24) is 0 Å². The normalized spacial score (nSPS) is 13.2. The molecule has 1 aromatic rings. The van der Waals surface area contributed by atoms with E-state index in [1.807, 2.05) is 0 Å². The molecule has 0 saturated heterocycles. The third-order valence-corrected chi connectivity index (χ3v) is 4.66. The highest BCUT2D eigenvalue weighted by Gasteiger charge is 2.28. The fourth-order valence-electron chi connectivity index (χ4n) is 1.94. The molecule has 96 valence electrons. The Kier molecular flexibility index (Phi) is 4.57. The lowest BCUT2D eigenvalue weighted by Gasteiger charge is -2.30. The molecule has 3 heteroatoms. The van der Waals surface area contributed by atoms with Crippen LogP contribution in [-0.2, 0) is 10.8 Å². The molecular weight excluding hydrogens is 270 g/mol. The lowest BCUT2D eigenvalue weighted by Crippen LogP contribution is -2.28. The van der Waals surface area contributed by atoms with Crippen molar-refractivity contribution in [2.24, 2.45) is 0 Å². The van der Waals surface area contributed by atoms with E-state index in [9.17, 15) is 0 Å². The SMILES string of the molecule is CC(C)(C)c1cccc(C(C)(C)C)c1P(Cl)Cl. The van der Waals surface area contributed by atoms with Crippen molar-refractivity contribution in [3.63, 3.8) is 0 Å². The summed E-state index contributed by atoms with van der Waals surface area (Å²) < 4.78 is 0. The van der Waals surface area contributed by atoms with Gasteiger partial charge in [0.2, 0.25) is 0 Å². The summed E-state index contributed by atoms with van der Waals surface area (Å²) in [6, 6.07) is 6.40. The number of hydrogen-bond donors (Lipinski definition) is 0. The smallest absolute Gasteiger partial charge is 0.0727 e. The third kappa shape index (κ3) is 3.60. The first-order valence-corrected chi connectivity index (χ1v) is 8.96. The summed E-state index contributed by atoms with van der Waals surface area (Å²) in [7, 11) is 0. The van der Waals surface area contributed by atoms with E-state index >= 15 is 0 Å². The Morgan fingerprint density at radius 1 is 0.824 bits per heavy atom. The quantitative estimate of drug-likeness (QED) is 0.582. The van der Waals surface area contributed by atoms with Crippen molar-refractivity contribution in [1.29, 1.82) is 0 Å². The second-order valence-electron chi connectivity index (χ2n) is 6.43. The maximum Gasteiger partial charge on any atom is 0.117 e. The molecule has 0 atom stereocenters. The van der Waals surface area contributed by atoms with Crippen molar-refractivity contribution < 1.29 is 0 Å². The highest BCUT2D eigenvalue weighted by Crippen LogP contribution is 2.50. The van der Waals surface area contributed by atoms with Crippen LogP contribution in [0.15, 0.2) is 18.2 Å². The molecule has 0 aliphatic carbocycles. The molecule has 0 bridgehead atoms. The maximum absolute atomic E-state index is 6.26. The first-order valence-electron chi connectivity index (χ1n) is 5.81. The Morgan fingerprint density at radius 3 is 1.41 bits per heavy atom. The van der Waals surface area contributed by atoms with Crippen LogP contribution < -0.4 is 5.30 Å². The summed E-state index contributed by atoms with van der Waals surface area (Å²) in [5.74, 6) is 0. The van der Waals surface area contributed by atoms with Gasteiger partial charge in [-0.25, -0.2) is 0 Å². The minimum Gasteiger partial charge on any atom is -0.0727 e. The van der Waals surface area contributed by atoms with E-state index in [1.165, 1.54) is 11.1 Å². The molecule has 0 aliphatic rings. The van der Waals surface area contributed by atoms with E-state index in [2.05, 4.69) is 59.7 Å². The van der Waals surface area contributed by atoms with Gasteiger partial charge in [0.25, 0.3) is 0 Å². The van der Waals surface area contributed by atoms with E-state index < -0.39 is 6.63 Å². The van der Waals surface area contributed by atoms with Gasteiger partial charge in [-0.3, -0.25) is 0 Å². The van der Waals surface area contributed by atoms with Crippen molar-refractivity contribution in [2.75, 3.05) is 0 Å². The van der Waals surface area contributed by atoms with Gasteiger partial charge in [-0.05, 0) is 22.0 Å². The lowest BCUT2D eigenvalue weighted by molar-refractivity contribution is 0.576. The summed E-state index contributed by atoms with van der Waals surface area (Å²) in [5, 5.41) is 1.14. The summed E-state index contributed by atoms with van der Waals surface area (Å²) in [4.78, 5) is 0. The summed E-state index contributed by atoms with van der Waals surface area (Å²) in [6.07, 6.45) is 0. The fraction of sp³-hybridized carbons (Fsp3) is 0.571. The molecule has 0 nitrogen and oxygen atoms in total. The standard InChI is InChI=1S/C14H21Cl2P/c1-13(2,3)10-8-7-9-11(14(4,5)6)12(10)17(15)16/h7-9H,1-6H3. The van der Waals surface area contributed by atoms with Gasteiger partial charge in [-0.15, -0.1) is 0 Å². The molecule has 0 unspecified atom stereocenters. The first kappa shape index (κ1) is 15.3. The molecule has 0 saturated carbocycles. The van der Waals surface area contributed by atoms with E-state index in [0.717, 1.165) is 5.30 Å². The zero-order valence-corrected chi connectivity index (χ0v) is 13.8. The first-order chi connectivity index (χ1) is 7.55. The van der Waals surface area contributed by atoms with Gasteiger partial charge in [0.1, 0.15) is 6.63 Å². The van der Waals surface area contributed by atoms with Crippen LogP contribution in [0.25, 0.3) is 0 Å². The lowest BCUT2D eigenvalue weighted by atomic mass is 9.80. The van der Waals surface area contributed by atoms with Gasteiger partial charge < -0.3 is 0 Å². The minimum absolute atomic E-state index is 0.0704. The average molecular weight is 291 g/mol. The zero-order valence-electron chi connectivity index (χ0n) is 11.4. The van der Waals surface area contributed by atoms with Crippen LogP contribution in [0.2, 0.25) is 0 Å². The fourth-order valence-corrected chi connectivity index (χ4v) is 4.21. The van der Waals surface area contributed by atoms with Crippen LogP contribution in [0.4, 0.5) is 0 Å². The summed E-state index contributed by atoms with van der Waals surface area (Å²) in [6.45, 7) is 12.1. The Labute approximate surface area is 116 Å². The van der Waals surface area contributed by atoms with Gasteiger partial charge in [-0.1, -0.05) is 82.2 Å². The summed E-state index contributed by atoms with van der Waals surface area (Å²) >= 11 is 12.5. The Balaban J connectivity index is 3.55. The van der Waals surface area contributed by atoms with Crippen molar-refractivity contribution in [2.45, 2.75) is 52.4 Å². The number of benzene rings is 1. The number of halogens is 2. The molecule has 0 N–H and O–H groups in total. The van der Waals surface area contributed by atoms with Gasteiger partial charge >= 0.3 is 0 Å². The maximum atomic E-state index is 6.26. The Morgan fingerprint density at radius 2 is 1.18 bits per heavy atom. The highest BCUT2D eigenvalue weighted by atomic mass is 35.9. The van der Waals surface area contributed by atoms with E-state index in [0.29, 0.717) is 0 Å². The average Bonchev–Trinajstić information content (AvgIpc) is 2.13. The second-order valence-corrected chi connectivity index (χ2v) is 9.90. The Hall–Kier alpha value is 0.230. The van der Waals surface area contributed by atoms with Crippen LogP contribution >= 0.6 is 29.1 Å². The van der Waals surface area contributed by atoms with Crippen LogP contribution in [0.3, 0.4) is 0 Å². The monoisotopic (exact) mass is 290 g/mol. The molecule has 0 radical (unpaired) electrons. The Bertz CT molecular complexity index is 365. The molecule has 0 amide bonds. The van der Waals surface area contributed by atoms with Gasteiger partial charge in [0.05, 0.1) is 0 Å². The molecule has 0 heterocycles. The molecule has 1 aromatic carbocycles. The molecule has 0 spiro atoms. The highest BCUT2D eigenvalue weighted by molar-refractivity contribution is 8.09. The number of rotatable bonds is 1. The zero-order chi connectivity index (χ0) is 13.4. The van der Waals surface area contributed by atoms with Gasteiger partial charge in [-0.2, -0.15) is 0 Å². The van der Waals surface area contributed by atoms with Crippen LogP contribution in [0.5, 0.6) is 0 Å². The van der Waals surface area contributed by atoms with E-state index in [-0.39, 0.29) is 10.8 Å². The topological polar surface area (TPSA) is 0 Å². The van der Waals surface area contributed by atoms with E-state index in [4.69, 9.17) is 22.5 Å². The molecule has 0 aromatic heterocycles. The van der Waals surface area contributed by atoms with Gasteiger partial charge in [0, 0.05) is 5.30 Å². The van der Waals surface area contributed by atoms with Crippen LogP contribution in [0, 0.1) is 0 Å². The van der Waals surface area contributed by atoms with Crippen LogP contribution in [0.1, 0.15) is 52.7 Å². The largest absolute Gasteiger partial charge is 0.117 e. The van der Waals surface area contributed by atoms with E-state index in [1.54, 1.807) is 0 Å². The molecule has 1 rings (SSSR count). The second kappa shape index (κ2) is 5.08. The van der Waals surface area contributed by atoms with Crippen LogP contribution in [-0.4, -0.2) is 0 Å². The van der Waals surface area contributed by atoms with Crippen molar-refractivity contribution >= 4 is 34.4 Å².